The molecule has 6 heteroatoms. The van der Waals surface area contributed by atoms with Crippen molar-refractivity contribution in [3.63, 3.8) is 0 Å². The standard InChI is InChI=1S/C13H21FN2O3/c1-3-4-19-12-6-11(10(15)5-9(12)14)16-7-13(2,18)8-17/h5-6,16-18H,3-4,7-8,15H2,1-2H3. The normalized spacial score (nSPS) is 13.9. The molecule has 0 saturated carbocycles. The molecule has 0 aliphatic rings. The number of nitrogens with two attached hydrogens (primary N) is 1. The van der Waals surface area contributed by atoms with Crippen molar-refractivity contribution in [3.8, 4) is 5.75 Å². The first kappa shape index (κ1) is 15.5. The third-order valence-corrected chi connectivity index (χ3v) is 2.57. The Hall–Kier alpha value is -1.53. The number of nitrogen functional groups attached to an aromatic ring is 1. The van der Waals surface area contributed by atoms with E-state index in [1.807, 2.05) is 6.92 Å². The van der Waals surface area contributed by atoms with E-state index in [4.69, 9.17) is 15.6 Å². The number of hydrogen-bond donors (Lipinski definition) is 4. The second kappa shape index (κ2) is 6.58. The number of ether oxygens (including phenoxy) is 1. The zero-order valence-corrected chi connectivity index (χ0v) is 11.2. The summed E-state index contributed by atoms with van der Waals surface area (Å²) in [6.45, 7) is 3.52. The Bertz CT molecular complexity index is 425. The smallest absolute Gasteiger partial charge is 0.167 e. The van der Waals surface area contributed by atoms with E-state index < -0.39 is 11.4 Å². The largest absolute Gasteiger partial charge is 0.490 e. The lowest BCUT2D eigenvalue weighted by Crippen LogP contribution is -2.37. The predicted molar refractivity (Wildman–Crippen MR) is 72.8 cm³/mol. The Morgan fingerprint density at radius 3 is 2.74 bits per heavy atom. The first-order chi connectivity index (χ1) is 8.89. The first-order valence-corrected chi connectivity index (χ1v) is 6.18. The maximum Gasteiger partial charge on any atom is 0.167 e. The second-order valence-corrected chi connectivity index (χ2v) is 4.73. The third kappa shape index (κ3) is 4.57. The van der Waals surface area contributed by atoms with E-state index in [1.165, 1.54) is 19.1 Å². The molecule has 5 nitrogen and oxygen atoms in total. The molecule has 1 atom stereocenters. The van der Waals surface area contributed by atoms with E-state index >= 15 is 0 Å². The SMILES string of the molecule is CCCOc1cc(NCC(C)(O)CO)c(N)cc1F. The Kier molecular flexibility index (Phi) is 5.38. The highest BCUT2D eigenvalue weighted by atomic mass is 19.1. The molecule has 0 bridgehead atoms. The number of nitrogens with one attached hydrogen (secondary N) is 1. The van der Waals surface area contributed by atoms with Crippen molar-refractivity contribution in [2.45, 2.75) is 25.9 Å². The fourth-order valence-corrected chi connectivity index (χ4v) is 1.39. The lowest BCUT2D eigenvalue weighted by atomic mass is 10.1. The summed E-state index contributed by atoms with van der Waals surface area (Å²) in [5, 5.41) is 21.5. The molecule has 5 N–H and O–H groups in total. The molecular formula is C13H21FN2O3. The summed E-state index contributed by atoms with van der Waals surface area (Å²) < 4.78 is 18.8. The summed E-state index contributed by atoms with van der Waals surface area (Å²) in [4.78, 5) is 0. The average molecular weight is 272 g/mol. The van der Waals surface area contributed by atoms with E-state index in [2.05, 4.69) is 5.32 Å². The molecule has 0 radical (unpaired) electrons. The fraction of sp³-hybridized carbons (Fsp3) is 0.538. The van der Waals surface area contributed by atoms with Crippen LogP contribution in [0.4, 0.5) is 15.8 Å². The molecule has 0 aromatic heterocycles. The van der Waals surface area contributed by atoms with Gasteiger partial charge in [0.05, 0.1) is 24.6 Å². The van der Waals surface area contributed by atoms with E-state index in [0.29, 0.717) is 12.3 Å². The number of benzene rings is 1. The first-order valence-electron chi connectivity index (χ1n) is 6.18. The van der Waals surface area contributed by atoms with Gasteiger partial charge in [-0.1, -0.05) is 6.92 Å². The van der Waals surface area contributed by atoms with Gasteiger partial charge in [0.1, 0.15) is 5.60 Å². The molecule has 1 aromatic rings. The molecule has 19 heavy (non-hydrogen) atoms. The van der Waals surface area contributed by atoms with Gasteiger partial charge >= 0.3 is 0 Å². The molecule has 0 aliphatic heterocycles. The summed E-state index contributed by atoms with van der Waals surface area (Å²) in [7, 11) is 0. The van der Waals surface area contributed by atoms with Crippen LogP contribution < -0.4 is 15.8 Å². The van der Waals surface area contributed by atoms with E-state index in [-0.39, 0.29) is 24.6 Å². The molecule has 0 spiro atoms. The molecular weight excluding hydrogens is 251 g/mol. The third-order valence-electron chi connectivity index (χ3n) is 2.57. The molecule has 108 valence electrons. The highest BCUT2D eigenvalue weighted by Gasteiger charge is 2.19. The minimum atomic E-state index is -1.27. The number of aliphatic hydroxyl groups excluding tert-OH is 1. The van der Waals surface area contributed by atoms with Gasteiger partial charge in [-0.05, 0) is 13.3 Å². The van der Waals surface area contributed by atoms with Crippen LogP contribution in [0, 0.1) is 5.82 Å². The maximum atomic E-state index is 13.6. The van der Waals surface area contributed by atoms with Crippen LogP contribution in [-0.4, -0.2) is 35.6 Å². The molecule has 0 amide bonds. The second-order valence-electron chi connectivity index (χ2n) is 4.73. The van der Waals surface area contributed by atoms with Gasteiger partial charge in [-0.3, -0.25) is 0 Å². The predicted octanol–water partition coefficient (Wildman–Crippen LogP) is 1.35. The summed E-state index contributed by atoms with van der Waals surface area (Å²) in [5.74, 6) is -0.410. The van der Waals surface area contributed by atoms with Gasteiger partial charge in [0.2, 0.25) is 0 Å². The summed E-state index contributed by atoms with van der Waals surface area (Å²) in [6.07, 6.45) is 0.770. The van der Waals surface area contributed by atoms with Crippen LogP contribution in [-0.2, 0) is 0 Å². The van der Waals surface area contributed by atoms with Crippen LogP contribution in [0.25, 0.3) is 0 Å². The molecule has 0 fully saturated rings. The van der Waals surface area contributed by atoms with Gasteiger partial charge in [-0.25, -0.2) is 4.39 Å². The molecule has 0 aliphatic carbocycles. The minimum Gasteiger partial charge on any atom is -0.490 e. The van der Waals surface area contributed by atoms with Gasteiger partial charge < -0.3 is 26.0 Å². The Morgan fingerprint density at radius 2 is 2.16 bits per heavy atom. The van der Waals surface area contributed by atoms with E-state index in [0.717, 1.165) is 6.42 Å². The van der Waals surface area contributed by atoms with Crippen molar-refractivity contribution in [1.29, 1.82) is 0 Å². The number of rotatable bonds is 7. The zero-order chi connectivity index (χ0) is 14.5. The number of halogens is 1. The Morgan fingerprint density at radius 1 is 1.47 bits per heavy atom. The molecule has 1 aromatic carbocycles. The van der Waals surface area contributed by atoms with Gasteiger partial charge in [0.25, 0.3) is 0 Å². The van der Waals surface area contributed by atoms with Gasteiger partial charge in [-0.2, -0.15) is 0 Å². The van der Waals surface area contributed by atoms with Gasteiger partial charge in [0.15, 0.2) is 11.6 Å². The zero-order valence-electron chi connectivity index (χ0n) is 11.2. The fourth-order valence-electron chi connectivity index (χ4n) is 1.39. The number of anilines is 2. The summed E-state index contributed by atoms with van der Waals surface area (Å²) in [6, 6.07) is 2.62. The van der Waals surface area contributed by atoms with E-state index in [9.17, 15) is 9.50 Å². The molecule has 0 heterocycles. The summed E-state index contributed by atoms with van der Waals surface area (Å²) >= 11 is 0. The van der Waals surface area contributed by atoms with Crippen molar-refractivity contribution in [1.82, 2.24) is 0 Å². The topological polar surface area (TPSA) is 87.7 Å². The van der Waals surface area contributed by atoms with Crippen LogP contribution in [0.1, 0.15) is 20.3 Å². The van der Waals surface area contributed by atoms with Crippen LogP contribution >= 0.6 is 0 Å². The maximum absolute atomic E-state index is 13.6. The average Bonchev–Trinajstić information content (AvgIpc) is 2.36. The lowest BCUT2D eigenvalue weighted by molar-refractivity contribution is 0.0132. The Labute approximate surface area is 112 Å². The quantitative estimate of drug-likeness (QED) is 0.563. The van der Waals surface area contributed by atoms with Crippen molar-refractivity contribution in [3.05, 3.63) is 17.9 Å². The van der Waals surface area contributed by atoms with Crippen LogP contribution in [0.2, 0.25) is 0 Å². The van der Waals surface area contributed by atoms with Gasteiger partial charge in [0, 0.05) is 18.7 Å². The van der Waals surface area contributed by atoms with Crippen molar-refractivity contribution in [2.24, 2.45) is 0 Å². The molecule has 0 saturated heterocycles. The number of aliphatic hydroxyl groups is 2. The Balaban J connectivity index is 2.82. The molecule has 1 rings (SSSR count). The van der Waals surface area contributed by atoms with Crippen LogP contribution in [0.3, 0.4) is 0 Å². The number of hydrogen-bond acceptors (Lipinski definition) is 5. The lowest BCUT2D eigenvalue weighted by Gasteiger charge is -2.22. The van der Waals surface area contributed by atoms with Gasteiger partial charge in [-0.15, -0.1) is 0 Å². The van der Waals surface area contributed by atoms with E-state index in [1.54, 1.807) is 0 Å². The highest BCUT2D eigenvalue weighted by molar-refractivity contribution is 5.68. The van der Waals surface area contributed by atoms with Crippen LogP contribution in [0.15, 0.2) is 12.1 Å². The molecule has 1 unspecified atom stereocenters. The van der Waals surface area contributed by atoms with Crippen molar-refractivity contribution < 1.29 is 19.3 Å². The minimum absolute atomic E-state index is 0.0898. The van der Waals surface area contributed by atoms with Crippen molar-refractivity contribution >= 4 is 11.4 Å². The van der Waals surface area contributed by atoms with Crippen molar-refractivity contribution in [2.75, 3.05) is 30.8 Å². The summed E-state index contributed by atoms with van der Waals surface area (Å²) in [5.41, 5.74) is 5.09. The monoisotopic (exact) mass is 272 g/mol. The highest BCUT2D eigenvalue weighted by Crippen LogP contribution is 2.28. The van der Waals surface area contributed by atoms with Crippen LogP contribution in [0.5, 0.6) is 5.75 Å².